The van der Waals surface area contributed by atoms with Crippen LogP contribution in [0.5, 0.6) is 0 Å². The summed E-state index contributed by atoms with van der Waals surface area (Å²) in [6.07, 6.45) is 7.20. The molecule has 1 aliphatic carbocycles. The molecule has 0 radical (unpaired) electrons. The van der Waals surface area contributed by atoms with Crippen LogP contribution in [0.4, 0.5) is 0 Å². The first-order valence-electron chi connectivity index (χ1n) is 6.86. The minimum absolute atomic E-state index is 0.625. The Morgan fingerprint density at radius 3 is 1.50 bits per heavy atom. The first-order valence-corrected chi connectivity index (χ1v) is 6.86. The average molecular weight is 228 g/mol. The van der Waals surface area contributed by atoms with Crippen LogP contribution in [-0.4, -0.2) is 37.1 Å². The molecule has 1 saturated carbocycles. The van der Waals surface area contributed by atoms with Gasteiger partial charge in [0.15, 0.2) is 0 Å². The predicted molar refractivity (Wildman–Crippen MR) is 74.0 cm³/mol. The molecular weight excluding hydrogens is 196 g/mol. The second kappa shape index (κ2) is 9.00. The number of nitrogens with zero attached hydrogens (tertiary/aromatic N) is 1. The molecule has 0 spiro atoms. The lowest BCUT2D eigenvalue weighted by atomic mass is 9.95. The lowest BCUT2D eigenvalue weighted by molar-refractivity contribution is 0.229. The van der Waals surface area contributed by atoms with Crippen molar-refractivity contribution in [3.05, 3.63) is 0 Å². The molecule has 0 unspecified atom stereocenters. The van der Waals surface area contributed by atoms with Crippen LogP contribution in [0, 0.1) is 0 Å². The van der Waals surface area contributed by atoms with E-state index >= 15 is 0 Å². The maximum absolute atomic E-state index is 3.31. The van der Waals surface area contributed by atoms with Gasteiger partial charge in [0.1, 0.15) is 0 Å². The Hall–Kier alpha value is -0.0800. The topological polar surface area (TPSA) is 15.3 Å². The molecule has 0 saturated heterocycles. The van der Waals surface area contributed by atoms with E-state index in [4.69, 9.17) is 0 Å². The Bertz CT molecular complexity index is 141. The van der Waals surface area contributed by atoms with Gasteiger partial charge >= 0.3 is 0 Å². The van der Waals surface area contributed by atoms with Crippen LogP contribution in [-0.2, 0) is 0 Å². The van der Waals surface area contributed by atoms with Crippen molar-refractivity contribution in [2.24, 2.45) is 0 Å². The van der Waals surface area contributed by atoms with Crippen molar-refractivity contribution in [3.63, 3.8) is 0 Å². The quantitative estimate of drug-likeness (QED) is 0.797. The molecule has 16 heavy (non-hydrogen) atoms. The van der Waals surface area contributed by atoms with Crippen LogP contribution >= 0.6 is 0 Å². The van der Waals surface area contributed by atoms with Gasteiger partial charge in [-0.1, -0.05) is 47.0 Å². The van der Waals surface area contributed by atoms with E-state index < -0.39 is 0 Å². The van der Waals surface area contributed by atoms with E-state index in [1.807, 2.05) is 0 Å². The molecule has 98 valence electrons. The molecule has 1 rings (SSSR count). The van der Waals surface area contributed by atoms with Crippen LogP contribution in [0.15, 0.2) is 0 Å². The highest BCUT2D eigenvalue weighted by Gasteiger charge is 2.13. The van der Waals surface area contributed by atoms with Crippen molar-refractivity contribution in [1.82, 2.24) is 10.2 Å². The predicted octanol–water partition coefficient (Wildman–Crippen LogP) is 3.27. The molecule has 0 amide bonds. The highest BCUT2D eigenvalue weighted by Crippen LogP contribution is 2.20. The van der Waals surface area contributed by atoms with E-state index in [0.717, 1.165) is 6.04 Å². The molecule has 0 aromatic rings. The Morgan fingerprint density at radius 2 is 1.31 bits per heavy atom. The summed E-state index contributed by atoms with van der Waals surface area (Å²) in [4.78, 5) is 2.36. The van der Waals surface area contributed by atoms with Crippen LogP contribution in [0.3, 0.4) is 0 Å². The fourth-order valence-electron chi connectivity index (χ4n) is 2.26. The summed E-state index contributed by atoms with van der Waals surface area (Å²) in [5, 5.41) is 3.31. The van der Waals surface area contributed by atoms with E-state index in [0.29, 0.717) is 12.1 Å². The molecule has 2 nitrogen and oxygen atoms in total. The second-order valence-electron chi connectivity index (χ2n) is 5.73. The van der Waals surface area contributed by atoms with Crippen LogP contribution in [0.1, 0.15) is 59.8 Å². The fraction of sp³-hybridized carbons (Fsp3) is 1.00. The zero-order valence-corrected chi connectivity index (χ0v) is 12.2. The van der Waals surface area contributed by atoms with Crippen molar-refractivity contribution in [3.8, 4) is 0 Å². The lowest BCUT2D eigenvalue weighted by Gasteiger charge is -2.27. The Labute approximate surface area is 103 Å². The van der Waals surface area contributed by atoms with Gasteiger partial charge in [-0.25, -0.2) is 0 Å². The van der Waals surface area contributed by atoms with Gasteiger partial charge in [0, 0.05) is 18.1 Å². The van der Waals surface area contributed by atoms with Crippen LogP contribution < -0.4 is 5.32 Å². The van der Waals surface area contributed by atoms with E-state index in [1.54, 1.807) is 0 Å². The first kappa shape index (κ1) is 15.9. The number of hydrogen-bond donors (Lipinski definition) is 1. The van der Waals surface area contributed by atoms with Crippen LogP contribution in [0.2, 0.25) is 0 Å². The summed E-state index contributed by atoms with van der Waals surface area (Å²) in [5.41, 5.74) is 0. The second-order valence-corrected chi connectivity index (χ2v) is 5.73. The summed E-state index contributed by atoms with van der Waals surface area (Å²) >= 11 is 0. The molecule has 0 bridgehead atoms. The monoisotopic (exact) mass is 228 g/mol. The van der Waals surface area contributed by atoms with Crippen molar-refractivity contribution in [2.45, 2.75) is 77.9 Å². The summed E-state index contributed by atoms with van der Waals surface area (Å²) in [6, 6.07) is 2.14. The minimum atomic E-state index is 0.625. The molecular formula is C14H32N2. The van der Waals surface area contributed by atoms with E-state index in [2.05, 4.69) is 52.0 Å². The van der Waals surface area contributed by atoms with Gasteiger partial charge in [-0.05, 0) is 26.9 Å². The molecule has 0 aliphatic heterocycles. The molecule has 0 heterocycles. The Kier molecular flexibility index (Phi) is 8.96. The lowest BCUT2D eigenvalue weighted by Crippen LogP contribution is -2.29. The smallest absolute Gasteiger partial charge is 0.00891 e. The van der Waals surface area contributed by atoms with E-state index in [1.165, 1.54) is 32.1 Å². The van der Waals surface area contributed by atoms with Gasteiger partial charge in [0.05, 0.1) is 0 Å². The van der Waals surface area contributed by atoms with Gasteiger partial charge in [0.25, 0.3) is 0 Å². The largest absolute Gasteiger partial charge is 0.312 e. The molecule has 1 aliphatic rings. The average Bonchev–Trinajstić information content (AvgIpc) is 2.17. The Morgan fingerprint density at radius 1 is 0.875 bits per heavy atom. The highest BCUT2D eigenvalue weighted by molar-refractivity contribution is 4.70. The van der Waals surface area contributed by atoms with Crippen LogP contribution in [0.25, 0.3) is 0 Å². The molecule has 0 aromatic heterocycles. The molecule has 1 N–H and O–H groups in total. The molecule has 0 aromatic carbocycles. The fourth-order valence-corrected chi connectivity index (χ4v) is 2.26. The number of rotatable bonds is 3. The van der Waals surface area contributed by atoms with Crippen molar-refractivity contribution >= 4 is 0 Å². The Balaban J connectivity index is 0.000000293. The van der Waals surface area contributed by atoms with Crippen molar-refractivity contribution in [2.75, 3.05) is 14.1 Å². The molecule has 1 fully saturated rings. The number of nitrogens with one attached hydrogen (secondary N) is 1. The van der Waals surface area contributed by atoms with Crippen molar-refractivity contribution < 1.29 is 0 Å². The SMILES string of the molecule is CC(C)NC(C)C.CN(C)C1CCCCC1. The highest BCUT2D eigenvalue weighted by atomic mass is 15.1. The van der Waals surface area contributed by atoms with Gasteiger partial charge in [-0.15, -0.1) is 0 Å². The zero-order valence-electron chi connectivity index (χ0n) is 12.2. The third-order valence-electron chi connectivity index (χ3n) is 2.97. The zero-order chi connectivity index (χ0) is 12.6. The van der Waals surface area contributed by atoms with Gasteiger partial charge in [-0.2, -0.15) is 0 Å². The van der Waals surface area contributed by atoms with E-state index in [-0.39, 0.29) is 0 Å². The third kappa shape index (κ3) is 9.17. The summed E-state index contributed by atoms with van der Waals surface area (Å²) in [5.74, 6) is 0. The minimum Gasteiger partial charge on any atom is -0.312 e. The van der Waals surface area contributed by atoms with E-state index in [9.17, 15) is 0 Å². The normalized spacial score (nSPS) is 17.8. The maximum atomic E-state index is 3.31. The maximum Gasteiger partial charge on any atom is 0.00891 e. The third-order valence-corrected chi connectivity index (χ3v) is 2.97. The van der Waals surface area contributed by atoms with Gasteiger partial charge < -0.3 is 10.2 Å². The molecule has 2 heteroatoms. The summed E-state index contributed by atoms with van der Waals surface area (Å²) < 4.78 is 0. The van der Waals surface area contributed by atoms with Gasteiger partial charge in [0.2, 0.25) is 0 Å². The van der Waals surface area contributed by atoms with Crippen molar-refractivity contribution in [1.29, 1.82) is 0 Å². The first-order chi connectivity index (χ1) is 7.43. The molecule has 0 atom stereocenters. The van der Waals surface area contributed by atoms with Gasteiger partial charge in [-0.3, -0.25) is 0 Å². The summed E-state index contributed by atoms with van der Waals surface area (Å²) in [6.45, 7) is 8.61. The number of hydrogen-bond acceptors (Lipinski definition) is 2. The summed E-state index contributed by atoms with van der Waals surface area (Å²) in [7, 11) is 4.38. The standard InChI is InChI=1S/C8H17N.C6H15N/c1-9(2)8-6-4-3-5-7-8;1-5(2)7-6(3)4/h8H,3-7H2,1-2H3;5-7H,1-4H3.